The molecule has 0 radical (unpaired) electrons. The number of aryl methyl sites for hydroxylation is 2. The number of carbonyl (C=O) groups excluding carboxylic acids is 2. The lowest BCUT2D eigenvalue weighted by atomic mass is 9.85. The standard InChI is InChI=1S/C27H26N6O5S.H2O/c1-15-10-11-32(12-16(15)2)20-9-8-19-22(25(35)33(19)23(20)26(36)37)30-24(34)21(18-14-39-27(28)29-18)31-38-13-17-6-4-3-5-7-17;/h3-7,10-12,14,19,22H,8-9,13H2,1-2H3,(H3-,28,29,30,34,36,37);1H2/b31-21-;/t19?,22-;/m1./s1. The van der Waals surface area contributed by atoms with Crippen molar-refractivity contribution in [1.82, 2.24) is 15.2 Å². The third-order valence-electron chi connectivity index (χ3n) is 6.86. The van der Waals surface area contributed by atoms with Crippen LogP contribution in [-0.2, 0) is 25.8 Å². The van der Waals surface area contributed by atoms with E-state index in [1.54, 1.807) is 16.1 Å². The summed E-state index contributed by atoms with van der Waals surface area (Å²) < 4.78 is 1.75. The molecule has 4 heterocycles. The van der Waals surface area contributed by atoms with Crippen molar-refractivity contribution in [2.75, 3.05) is 5.73 Å². The molecule has 12 nitrogen and oxygen atoms in total. The van der Waals surface area contributed by atoms with Crippen LogP contribution in [0.4, 0.5) is 5.13 Å². The molecule has 2 amide bonds. The molecular weight excluding hydrogens is 536 g/mol. The summed E-state index contributed by atoms with van der Waals surface area (Å²) in [6, 6.07) is 9.81. The number of pyridine rings is 1. The van der Waals surface area contributed by atoms with E-state index in [4.69, 9.17) is 10.6 Å². The van der Waals surface area contributed by atoms with E-state index in [-0.39, 0.29) is 34.3 Å². The molecule has 1 unspecified atom stereocenters. The van der Waals surface area contributed by atoms with E-state index in [1.807, 2.05) is 56.4 Å². The number of nitrogen functional groups attached to an aromatic ring is 1. The maximum atomic E-state index is 13.3. The van der Waals surface area contributed by atoms with Crippen LogP contribution in [0.15, 0.2) is 65.0 Å². The van der Waals surface area contributed by atoms with Crippen LogP contribution in [0, 0.1) is 13.8 Å². The van der Waals surface area contributed by atoms with Crippen LogP contribution >= 0.6 is 11.3 Å². The summed E-state index contributed by atoms with van der Waals surface area (Å²) in [4.78, 5) is 49.6. The van der Waals surface area contributed by atoms with Crippen molar-refractivity contribution in [3.8, 4) is 0 Å². The van der Waals surface area contributed by atoms with E-state index in [2.05, 4.69) is 15.5 Å². The minimum Gasteiger partial charge on any atom is -0.870 e. The van der Waals surface area contributed by atoms with E-state index in [1.165, 1.54) is 4.90 Å². The molecule has 0 aliphatic carbocycles. The van der Waals surface area contributed by atoms with Crippen LogP contribution in [-0.4, -0.2) is 56.0 Å². The Morgan fingerprint density at radius 3 is 2.65 bits per heavy atom. The minimum atomic E-state index is -1.20. The van der Waals surface area contributed by atoms with Gasteiger partial charge < -0.3 is 26.5 Å². The van der Waals surface area contributed by atoms with Gasteiger partial charge in [-0.25, -0.2) is 9.78 Å². The molecule has 1 saturated heterocycles. The largest absolute Gasteiger partial charge is 0.870 e. The molecule has 40 heavy (non-hydrogen) atoms. The Morgan fingerprint density at radius 1 is 1.25 bits per heavy atom. The summed E-state index contributed by atoms with van der Waals surface area (Å²) in [5.74, 6) is -2.37. The zero-order valence-corrected chi connectivity index (χ0v) is 22.6. The maximum Gasteiger partial charge on any atom is 0.359 e. The molecule has 1 fully saturated rings. The molecule has 2 aromatic heterocycles. The van der Waals surface area contributed by atoms with Gasteiger partial charge in [-0.2, -0.15) is 4.57 Å². The number of carbonyl (C=O) groups is 3. The fraction of sp³-hybridized carbons (Fsp3) is 0.259. The van der Waals surface area contributed by atoms with Gasteiger partial charge >= 0.3 is 5.97 Å². The lowest BCUT2D eigenvalue weighted by molar-refractivity contribution is -0.585. The number of rotatable bonds is 8. The Kier molecular flexibility index (Phi) is 8.26. The number of hydrogen-bond donors (Lipinski definition) is 3. The minimum absolute atomic E-state index is 0. The number of thiazole rings is 1. The van der Waals surface area contributed by atoms with Gasteiger partial charge in [0.05, 0.1) is 6.04 Å². The van der Waals surface area contributed by atoms with Crippen LogP contribution in [0.1, 0.15) is 35.2 Å². The first-order chi connectivity index (χ1) is 18.7. The fourth-order valence-electron chi connectivity index (χ4n) is 4.70. The van der Waals surface area contributed by atoms with Gasteiger partial charge in [0.1, 0.15) is 18.3 Å². The highest BCUT2D eigenvalue weighted by atomic mass is 32.1. The Morgan fingerprint density at radius 2 is 2.00 bits per heavy atom. The van der Waals surface area contributed by atoms with E-state index in [0.29, 0.717) is 18.5 Å². The number of nitrogens with one attached hydrogen (secondary N) is 1. The summed E-state index contributed by atoms with van der Waals surface area (Å²) in [5, 5.41) is 18.6. The van der Waals surface area contributed by atoms with Crippen LogP contribution in [0.5, 0.6) is 0 Å². The second-order valence-electron chi connectivity index (χ2n) is 9.35. The van der Waals surface area contributed by atoms with E-state index in [9.17, 15) is 19.5 Å². The SMILES string of the molecule is Cc1cc[n+](C2=C(C(=O)O)N3C(=O)[C@H](NC(=O)/C(=N\OCc4ccccc4)c4csc(N)n4)C3CC2)cc1C.[OH-]. The number of aromatic nitrogens is 2. The molecule has 13 heteroatoms. The smallest absolute Gasteiger partial charge is 0.359 e. The summed E-state index contributed by atoms with van der Waals surface area (Å²) >= 11 is 1.14. The van der Waals surface area contributed by atoms with E-state index >= 15 is 0 Å². The highest BCUT2D eigenvalue weighted by molar-refractivity contribution is 7.13. The number of oxime groups is 1. The molecule has 1 aromatic carbocycles. The molecule has 5 rings (SSSR count). The number of hydrogen-bond acceptors (Lipinski definition) is 9. The molecule has 3 aromatic rings. The molecule has 2 atom stereocenters. The fourth-order valence-corrected chi connectivity index (χ4v) is 5.24. The van der Waals surface area contributed by atoms with Crippen molar-refractivity contribution in [3.63, 3.8) is 0 Å². The number of fused-ring (bicyclic) bond motifs is 1. The number of nitrogens with zero attached hydrogens (tertiary/aromatic N) is 4. The number of carboxylic acid groups (broad SMARTS) is 1. The highest BCUT2D eigenvalue weighted by Crippen LogP contribution is 2.37. The lowest BCUT2D eigenvalue weighted by Crippen LogP contribution is -2.72. The van der Waals surface area contributed by atoms with Crippen LogP contribution in [0.3, 0.4) is 0 Å². The van der Waals surface area contributed by atoms with Gasteiger partial charge in [-0.05, 0) is 31.4 Å². The number of benzene rings is 1. The first-order valence-corrected chi connectivity index (χ1v) is 13.2. The average molecular weight is 565 g/mol. The van der Waals surface area contributed by atoms with Gasteiger partial charge in [0.2, 0.25) is 5.70 Å². The highest BCUT2D eigenvalue weighted by Gasteiger charge is 2.55. The molecule has 0 spiro atoms. The number of nitrogens with two attached hydrogens (primary N) is 1. The van der Waals surface area contributed by atoms with Gasteiger partial charge in [0.25, 0.3) is 11.8 Å². The second kappa shape index (κ2) is 11.6. The summed E-state index contributed by atoms with van der Waals surface area (Å²) in [5.41, 5.74) is 9.23. The second-order valence-corrected chi connectivity index (χ2v) is 10.2. The van der Waals surface area contributed by atoms with Crippen molar-refractivity contribution < 1.29 is 34.4 Å². The van der Waals surface area contributed by atoms with Crippen molar-refractivity contribution >= 4 is 45.7 Å². The summed E-state index contributed by atoms with van der Waals surface area (Å²) in [6.07, 6.45) is 4.54. The Bertz CT molecular complexity index is 1520. The monoisotopic (exact) mass is 564 g/mol. The van der Waals surface area contributed by atoms with E-state index in [0.717, 1.165) is 28.0 Å². The van der Waals surface area contributed by atoms with Crippen molar-refractivity contribution in [1.29, 1.82) is 0 Å². The number of amides is 2. The first-order valence-electron chi connectivity index (χ1n) is 12.3. The van der Waals surface area contributed by atoms with Gasteiger partial charge in [-0.3, -0.25) is 14.5 Å². The lowest BCUT2D eigenvalue weighted by Gasteiger charge is -2.48. The Labute approximate surface area is 233 Å². The summed E-state index contributed by atoms with van der Waals surface area (Å²) in [7, 11) is 0. The quantitative estimate of drug-likeness (QED) is 0.160. The number of allylic oxidation sites excluding steroid dienone is 1. The normalized spacial score (nSPS) is 18.4. The molecule has 5 N–H and O–H groups in total. The van der Waals surface area contributed by atoms with Crippen LogP contribution in [0.2, 0.25) is 0 Å². The maximum absolute atomic E-state index is 13.3. The summed E-state index contributed by atoms with van der Waals surface area (Å²) in [6.45, 7) is 4.04. The van der Waals surface area contributed by atoms with Gasteiger partial charge in [0.15, 0.2) is 28.9 Å². The van der Waals surface area contributed by atoms with Crippen molar-refractivity contribution in [3.05, 3.63) is 82.3 Å². The van der Waals surface area contributed by atoms with Crippen molar-refractivity contribution in [2.24, 2.45) is 5.16 Å². The van der Waals surface area contributed by atoms with Gasteiger partial charge in [-0.15, -0.1) is 11.3 Å². The number of carboxylic acids is 1. The number of aliphatic carboxylic acids is 1. The molecule has 0 saturated carbocycles. The Hall–Kier alpha value is -4.62. The third kappa shape index (κ3) is 5.42. The zero-order chi connectivity index (χ0) is 27.7. The predicted octanol–water partition coefficient (Wildman–Crippen LogP) is 1.82. The van der Waals surface area contributed by atoms with E-state index < -0.39 is 29.9 Å². The molecule has 2 aliphatic rings. The molecule has 208 valence electrons. The van der Waals surface area contributed by atoms with Gasteiger partial charge in [-0.1, -0.05) is 35.5 Å². The van der Waals surface area contributed by atoms with Gasteiger partial charge in [0, 0.05) is 23.4 Å². The predicted molar refractivity (Wildman–Crippen MR) is 145 cm³/mol. The van der Waals surface area contributed by atoms with Crippen molar-refractivity contribution in [2.45, 2.75) is 45.4 Å². The first kappa shape index (κ1) is 28.4. The average Bonchev–Trinajstić information content (AvgIpc) is 3.36. The molecular formula is C27H28N6O6S. The Balaban J connectivity index is 0.00000370. The molecule has 0 bridgehead atoms. The third-order valence-corrected chi connectivity index (χ3v) is 7.54. The van der Waals surface area contributed by atoms with Crippen LogP contribution in [0.25, 0.3) is 5.70 Å². The van der Waals surface area contributed by atoms with Crippen LogP contribution < -0.4 is 15.6 Å². The zero-order valence-electron chi connectivity index (χ0n) is 21.8. The number of β-lactam (4-membered cyclic amide) rings is 1. The molecule has 2 aliphatic heterocycles. The number of anilines is 1. The topological polar surface area (TPSA) is 181 Å².